The molecule has 1 aliphatic rings. The molecule has 1 atom stereocenters. The maximum Gasteiger partial charge on any atom is 0.137 e. The van der Waals surface area contributed by atoms with E-state index in [1.54, 1.807) is 0 Å². The monoisotopic (exact) mass is 353 g/mol. The van der Waals surface area contributed by atoms with Crippen molar-refractivity contribution in [3.8, 4) is 11.3 Å². The van der Waals surface area contributed by atoms with Gasteiger partial charge < -0.3 is 4.40 Å². The Morgan fingerprint density at radius 3 is 2.52 bits per heavy atom. The first-order valence-corrected chi connectivity index (χ1v) is 9.65. The van der Waals surface area contributed by atoms with Crippen LogP contribution in [-0.2, 0) is 6.54 Å². The Labute approximate surface area is 159 Å². The van der Waals surface area contributed by atoms with E-state index < -0.39 is 0 Å². The van der Waals surface area contributed by atoms with Crippen molar-refractivity contribution >= 4 is 5.65 Å². The van der Waals surface area contributed by atoms with Crippen molar-refractivity contribution in [3.63, 3.8) is 0 Å². The molecule has 0 saturated carbocycles. The van der Waals surface area contributed by atoms with Gasteiger partial charge in [0.15, 0.2) is 0 Å². The lowest BCUT2D eigenvalue weighted by Gasteiger charge is -2.16. The van der Waals surface area contributed by atoms with Gasteiger partial charge in [-0.1, -0.05) is 60.7 Å². The number of nitrogens with zero attached hydrogens (tertiary/aromatic N) is 3. The minimum absolute atomic E-state index is 0.629. The van der Waals surface area contributed by atoms with E-state index in [1.807, 2.05) is 24.4 Å². The van der Waals surface area contributed by atoms with Crippen LogP contribution < -0.4 is 0 Å². The summed E-state index contributed by atoms with van der Waals surface area (Å²) in [5.74, 6) is 0.629. The normalized spacial score (nSPS) is 17.6. The third-order valence-corrected chi connectivity index (χ3v) is 5.56. The first-order chi connectivity index (χ1) is 13.3. The van der Waals surface area contributed by atoms with Crippen LogP contribution in [0.25, 0.3) is 16.9 Å². The van der Waals surface area contributed by atoms with Crippen molar-refractivity contribution in [3.05, 3.63) is 96.3 Å². The maximum atomic E-state index is 4.72. The van der Waals surface area contributed by atoms with Crippen LogP contribution in [0, 0.1) is 0 Å². The molecule has 0 amide bonds. The van der Waals surface area contributed by atoms with Crippen LogP contribution in [0.3, 0.4) is 0 Å². The van der Waals surface area contributed by atoms with Crippen LogP contribution in [0.5, 0.6) is 0 Å². The highest BCUT2D eigenvalue weighted by Gasteiger charge is 2.23. The van der Waals surface area contributed by atoms with E-state index in [0.717, 1.165) is 24.4 Å². The van der Waals surface area contributed by atoms with E-state index in [-0.39, 0.29) is 0 Å². The number of hydrogen-bond acceptors (Lipinski definition) is 2. The molecule has 1 saturated heterocycles. The smallest absolute Gasteiger partial charge is 0.137 e. The first-order valence-electron chi connectivity index (χ1n) is 9.65. The van der Waals surface area contributed by atoms with Gasteiger partial charge in [-0.3, -0.25) is 4.90 Å². The molecule has 0 aliphatic carbocycles. The Balaban J connectivity index is 1.29. The molecule has 0 spiro atoms. The summed E-state index contributed by atoms with van der Waals surface area (Å²) in [7, 11) is 0. The summed E-state index contributed by atoms with van der Waals surface area (Å²) in [6.45, 7) is 3.37. The molecule has 0 N–H and O–H groups in total. The Kier molecular flexibility index (Phi) is 4.23. The number of benzene rings is 2. The molecule has 1 unspecified atom stereocenters. The summed E-state index contributed by atoms with van der Waals surface area (Å²) >= 11 is 0. The molecule has 2 aromatic carbocycles. The topological polar surface area (TPSA) is 20.5 Å². The summed E-state index contributed by atoms with van der Waals surface area (Å²) in [5.41, 5.74) is 6.05. The van der Waals surface area contributed by atoms with Gasteiger partial charge in [0.05, 0.1) is 5.69 Å². The third-order valence-electron chi connectivity index (χ3n) is 5.56. The van der Waals surface area contributed by atoms with Crippen LogP contribution in [0.1, 0.15) is 23.5 Å². The van der Waals surface area contributed by atoms with Crippen LogP contribution >= 0.6 is 0 Å². The predicted octanol–water partition coefficient (Wildman–Crippen LogP) is 4.99. The van der Waals surface area contributed by atoms with Crippen LogP contribution in [-0.4, -0.2) is 27.4 Å². The quantitative estimate of drug-likeness (QED) is 0.515. The van der Waals surface area contributed by atoms with Crippen molar-refractivity contribution < 1.29 is 0 Å². The summed E-state index contributed by atoms with van der Waals surface area (Å²) in [6, 6.07) is 25.9. The molecule has 1 aliphatic heterocycles. The lowest BCUT2D eigenvalue weighted by molar-refractivity contribution is 0.327. The Bertz CT molecular complexity index is 1000. The van der Waals surface area contributed by atoms with Gasteiger partial charge in [0.1, 0.15) is 5.65 Å². The second kappa shape index (κ2) is 7.01. The van der Waals surface area contributed by atoms with Crippen LogP contribution in [0.2, 0.25) is 0 Å². The van der Waals surface area contributed by atoms with Gasteiger partial charge in [0.25, 0.3) is 0 Å². The van der Waals surface area contributed by atoms with E-state index in [9.17, 15) is 0 Å². The average molecular weight is 353 g/mol. The van der Waals surface area contributed by atoms with E-state index in [4.69, 9.17) is 4.98 Å². The fourth-order valence-corrected chi connectivity index (χ4v) is 4.09. The molecule has 5 rings (SSSR count). The molecule has 0 radical (unpaired) electrons. The predicted molar refractivity (Wildman–Crippen MR) is 110 cm³/mol. The van der Waals surface area contributed by atoms with Gasteiger partial charge in [-0.05, 0) is 42.1 Å². The molecule has 3 heteroatoms. The van der Waals surface area contributed by atoms with Crippen molar-refractivity contribution in [1.82, 2.24) is 14.3 Å². The standard InChI is InChI=1S/C24H23N3/c1-2-6-19(7-3-1)16-26-15-13-22(17-26)20-9-11-21(12-10-20)23-18-27-14-5-4-8-24(27)25-23/h1-12,14,18,22H,13,15-17H2. The lowest BCUT2D eigenvalue weighted by Crippen LogP contribution is -2.19. The molecule has 4 aromatic rings. The highest BCUT2D eigenvalue weighted by atomic mass is 15.1. The van der Waals surface area contributed by atoms with E-state index in [0.29, 0.717) is 5.92 Å². The van der Waals surface area contributed by atoms with E-state index in [2.05, 4.69) is 70.1 Å². The van der Waals surface area contributed by atoms with Gasteiger partial charge in [-0.15, -0.1) is 0 Å². The number of pyridine rings is 1. The Hall–Kier alpha value is -2.91. The summed E-state index contributed by atoms with van der Waals surface area (Å²) in [5, 5.41) is 0. The minimum Gasteiger partial charge on any atom is -0.306 e. The SMILES string of the molecule is c1ccc(CN2CCC(c3ccc(-c4cn5ccccc5n4)cc3)C2)cc1. The zero-order chi connectivity index (χ0) is 18.1. The fourth-order valence-electron chi connectivity index (χ4n) is 4.09. The second-order valence-corrected chi connectivity index (χ2v) is 7.42. The average Bonchev–Trinajstić information content (AvgIpc) is 3.36. The van der Waals surface area contributed by atoms with Crippen LogP contribution in [0.15, 0.2) is 85.2 Å². The molecule has 0 bridgehead atoms. The number of aromatic nitrogens is 2. The van der Waals surface area contributed by atoms with Gasteiger partial charge in [0.2, 0.25) is 0 Å². The Morgan fingerprint density at radius 1 is 0.889 bits per heavy atom. The van der Waals surface area contributed by atoms with Crippen LogP contribution in [0.4, 0.5) is 0 Å². The Morgan fingerprint density at radius 2 is 1.70 bits per heavy atom. The van der Waals surface area contributed by atoms with Gasteiger partial charge in [-0.25, -0.2) is 4.98 Å². The van der Waals surface area contributed by atoms with Crippen molar-refractivity contribution in [2.24, 2.45) is 0 Å². The molecule has 1 fully saturated rings. The molecule has 2 aromatic heterocycles. The highest BCUT2D eigenvalue weighted by Crippen LogP contribution is 2.30. The molecule has 3 heterocycles. The third kappa shape index (κ3) is 3.38. The van der Waals surface area contributed by atoms with Crippen molar-refractivity contribution in [1.29, 1.82) is 0 Å². The lowest BCUT2D eigenvalue weighted by atomic mass is 9.97. The molecule has 134 valence electrons. The van der Waals surface area contributed by atoms with E-state index >= 15 is 0 Å². The summed E-state index contributed by atoms with van der Waals surface area (Å²) in [4.78, 5) is 7.29. The summed E-state index contributed by atoms with van der Waals surface area (Å²) < 4.78 is 2.07. The fraction of sp³-hybridized carbons (Fsp3) is 0.208. The highest BCUT2D eigenvalue weighted by molar-refractivity contribution is 5.63. The first kappa shape index (κ1) is 16.3. The molecular weight excluding hydrogens is 330 g/mol. The summed E-state index contributed by atoms with van der Waals surface area (Å²) in [6.07, 6.45) is 5.38. The van der Waals surface area contributed by atoms with Gasteiger partial charge >= 0.3 is 0 Å². The number of imidazole rings is 1. The zero-order valence-corrected chi connectivity index (χ0v) is 15.3. The molecular formula is C24H23N3. The number of fused-ring (bicyclic) bond motifs is 1. The number of likely N-dealkylation sites (tertiary alicyclic amines) is 1. The van der Waals surface area contributed by atoms with E-state index in [1.165, 1.54) is 29.7 Å². The van der Waals surface area contributed by atoms with Gasteiger partial charge in [-0.2, -0.15) is 0 Å². The molecule has 27 heavy (non-hydrogen) atoms. The molecule has 3 nitrogen and oxygen atoms in total. The van der Waals surface area contributed by atoms with Gasteiger partial charge in [0, 0.05) is 31.0 Å². The van der Waals surface area contributed by atoms with Crippen molar-refractivity contribution in [2.45, 2.75) is 18.9 Å². The van der Waals surface area contributed by atoms with Crippen molar-refractivity contribution in [2.75, 3.05) is 13.1 Å². The number of rotatable bonds is 4. The minimum atomic E-state index is 0.629. The maximum absolute atomic E-state index is 4.72. The largest absolute Gasteiger partial charge is 0.306 e. The zero-order valence-electron chi connectivity index (χ0n) is 15.3. The number of hydrogen-bond donors (Lipinski definition) is 0. The second-order valence-electron chi connectivity index (χ2n) is 7.42.